The van der Waals surface area contributed by atoms with E-state index in [4.69, 9.17) is 0 Å². The van der Waals surface area contributed by atoms with E-state index in [0.29, 0.717) is 24.6 Å². The van der Waals surface area contributed by atoms with Crippen molar-refractivity contribution >= 4 is 29.9 Å². The molecule has 0 fully saturated rings. The molecule has 1 aromatic carbocycles. The Bertz CT molecular complexity index is 421. The second kappa shape index (κ2) is 9.08. The maximum atomic E-state index is 13.6. The molecule has 0 aliphatic carbocycles. The summed E-state index contributed by atoms with van der Waals surface area (Å²) in [6.07, 6.45) is 0. The molecule has 0 amide bonds. The van der Waals surface area contributed by atoms with Crippen LogP contribution in [-0.4, -0.2) is 39.1 Å². The lowest BCUT2D eigenvalue weighted by Gasteiger charge is -2.13. The monoisotopic (exact) mass is 380 g/mol. The lowest BCUT2D eigenvalue weighted by atomic mass is 10.1. The van der Waals surface area contributed by atoms with Crippen LogP contribution < -0.4 is 10.6 Å². The van der Waals surface area contributed by atoms with E-state index in [9.17, 15) is 4.39 Å². The second-order valence-corrected chi connectivity index (χ2v) is 4.34. The average molecular weight is 380 g/mol. The quantitative estimate of drug-likeness (QED) is 0.476. The van der Waals surface area contributed by atoms with Gasteiger partial charge in [-0.2, -0.15) is 0 Å². The molecular formula is C13H22FIN4. The Labute approximate surface area is 131 Å². The summed E-state index contributed by atoms with van der Waals surface area (Å²) in [6, 6.07) is 5.17. The molecule has 0 unspecified atom stereocenters. The number of benzene rings is 1. The lowest BCUT2D eigenvalue weighted by molar-refractivity contribution is 0.392. The van der Waals surface area contributed by atoms with Gasteiger partial charge < -0.3 is 15.5 Å². The summed E-state index contributed by atoms with van der Waals surface area (Å²) in [4.78, 5) is 5.97. The van der Waals surface area contributed by atoms with Gasteiger partial charge in [-0.15, -0.1) is 24.0 Å². The minimum Gasteiger partial charge on any atom is -0.359 e. The fourth-order valence-electron chi connectivity index (χ4n) is 1.66. The minimum absolute atomic E-state index is 0. The predicted molar refractivity (Wildman–Crippen MR) is 88.5 cm³/mol. The normalized spacial score (nSPS) is 11.2. The van der Waals surface area contributed by atoms with Crippen LogP contribution in [0.5, 0.6) is 0 Å². The molecule has 0 saturated carbocycles. The highest BCUT2D eigenvalue weighted by Gasteiger charge is 2.05. The third-order valence-electron chi connectivity index (χ3n) is 2.52. The topological polar surface area (TPSA) is 39.7 Å². The van der Waals surface area contributed by atoms with Crippen molar-refractivity contribution in [1.82, 2.24) is 15.5 Å². The Morgan fingerprint density at radius 2 is 2.05 bits per heavy atom. The van der Waals surface area contributed by atoms with Crippen LogP contribution in [0.4, 0.5) is 4.39 Å². The van der Waals surface area contributed by atoms with E-state index in [1.807, 2.05) is 25.1 Å². The number of nitrogens with one attached hydrogen (secondary N) is 2. The minimum atomic E-state index is -0.162. The van der Waals surface area contributed by atoms with E-state index in [-0.39, 0.29) is 29.8 Å². The number of hydrogen-bond donors (Lipinski definition) is 2. The van der Waals surface area contributed by atoms with Gasteiger partial charge in [-0.25, -0.2) is 4.39 Å². The highest BCUT2D eigenvalue weighted by molar-refractivity contribution is 14.0. The Balaban J connectivity index is 0.00000324. The Hall–Kier alpha value is -0.890. The SMILES string of the molecule is CN=C(NC)NCc1ccc(F)c(CN(C)C)c1.I. The van der Waals surface area contributed by atoms with Crippen LogP contribution in [-0.2, 0) is 13.1 Å². The molecule has 0 aliphatic heterocycles. The Morgan fingerprint density at radius 1 is 1.37 bits per heavy atom. The van der Waals surface area contributed by atoms with E-state index >= 15 is 0 Å². The largest absolute Gasteiger partial charge is 0.359 e. The standard InChI is InChI=1S/C13H21FN4.HI/c1-15-13(16-2)17-8-10-5-6-12(14)11(7-10)9-18(3)4;/h5-7H,8-9H2,1-4H3,(H2,15,16,17);1H. The summed E-state index contributed by atoms with van der Waals surface area (Å²) < 4.78 is 13.6. The average Bonchev–Trinajstić information content (AvgIpc) is 2.33. The highest BCUT2D eigenvalue weighted by Crippen LogP contribution is 2.12. The maximum absolute atomic E-state index is 13.6. The van der Waals surface area contributed by atoms with Gasteiger partial charge in [0, 0.05) is 32.7 Å². The molecule has 1 aromatic rings. The zero-order valence-corrected chi connectivity index (χ0v) is 14.2. The molecule has 108 valence electrons. The molecule has 0 atom stereocenters. The summed E-state index contributed by atoms with van der Waals surface area (Å²) in [5.74, 6) is 0.555. The van der Waals surface area contributed by atoms with Gasteiger partial charge in [0.2, 0.25) is 0 Å². The maximum Gasteiger partial charge on any atom is 0.190 e. The summed E-state index contributed by atoms with van der Waals surface area (Å²) in [7, 11) is 7.36. The van der Waals surface area contributed by atoms with E-state index < -0.39 is 0 Å². The predicted octanol–water partition coefficient (Wildman–Crippen LogP) is 1.80. The van der Waals surface area contributed by atoms with Crippen molar-refractivity contribution in [3.05, 3.63) is 35.1 Å². The van der Waals surface area contributed by atoms with Crippen LogP contribution in [0.25, 0.3) is 0 Å². The molecule has 2 N–H and O–H groups in total. The molecular weight excluding hydrogens is 358 g/mol. The van der Waals surface area contributed by atoms with E-state index in [2.05, 4.69) is 15.6 Å². The first-order valence-electron chi connectivity index (χ1n) is 5.87. The molecule has 0 saturated heterocycles. The Morgan fingerprint density at radius 3 is 2.58 bits per heavy atom. The molecule has 19 heavy (non-hydrogen) atoms. The highest BCUT2D eigenvalue weighted by atomic mass is 127. The molecule has 6 heteroatoms. The molecule has 0 bridgehead atoms. The first-order valence-corrected chi connectivity index (χ1v) is 5.87. The van der Waals surface area contributed by atoms with Crippen molar-refractivity contribution in [2.75, 3.05) is 28.2 Å². The van der Waals surface area contributed by atoms with Crippen molar-refractivity contribution in [3.8, 4) is 0 Å². The Kier molecular flexibility index (Phi) is 8.66. The summed E-state index contributed by atoms with van der Waals surface area (Å²) in [5.41, 5.74) is 1.74. The molecule has 0 aliphatic rings. The first kappa shape index (κ1) is 18.1. The van der Waals surface area contributed by atoms with Crippen LogP contribution >= 0.6 is 24.0 Å². The molecule has 0 heterocycles. The van der Waals surface area contributed by atoms with Crippen molar-refractivity contribution in [3.63, 3.8) is 0 Å². The van der Waals surface area contributed by atoms with Crippen LogP contribution in [0.15, 0.2) is 23.2 Å². The second-order valence-electron chi connectivity index (χ2n) is 4.34. The zero-order valence-electron chi connectivity index (χ0n) is 11.8. The summed E-state index contributed by atoms with van der Waals surface area (Å²) in [6.45, 7) is 1.22. The van der Waals surface area contributed by atoms with Gasteiger partial charge in [0.15, 0.2) is 5.96 Å². The zero-order chi connectivity index (χ0) is 13.5. The van der Waals surface area contributed by atoms with Crippen molar-refractivity contribution in [2.45, 2.75) is 13.1 Å². The molecule has 0 aromatic heterocycles. The van der Waals surface area contributed by atoms with E-state index in [1.165, 1.54) is 6.07 Å². The van der Waals surface area contributed by atoms with Crippen molar-refractivity contribution < 1.29 is 4.39 Å². The van der Waals surface area contributed by atoms with Gasteiger partial charge in [0.1, 0.15) is 5.82 Å². The van der Waals surface area contributed by atoms with Crippen molar-refractivity contribution in [2.24, 2.45) is 4.99 Å². The van der Waals surface area contributed by atoms with Gasteiger partial charge >= 0.3 is 0 Å². The number of rotatable bonds is 4. The van der Waals surface area contributed by atoms with Gasteiger partial charge in [0.05, 0.1) is 0 Å². The third kappa shape index (κ3) is 6.20. The first-order chi connectivity index (χ1) is 8.56. The summed E-state index contributed by atoms with van der Waals surface area (Å²) in [5, 5.41) is 6.07. The van der Waals surface area contributed by atoms with Gasteiger partial charge in [-0.05, 0) is 31.8 Å². The van der Waals surface area contributed by atoms with E-state index in [1.54, 1.807) is 20.2 Å². The number of nitrogens with zero attached hydrogens (tertiary/aromatic N) is 2. The molecule has 0 spiro atoms. The molecule has 0 radical (unpaired) electrons. The van der Waals surface area contributed by atoms with Gasteiger partial charge in [-0.3, -0.25) is 4.99 Å². The fraction of sp³-hybridized carbons (Fsp3) is 0.462. The third-order valence-corrected chi connectivity index (χ3v) is 2.52. The summed E-state index contributed by atoms with van der Waals surface area (Å²) >= 11 is 0. The van der Waals surface area contributed by atoms with Crippen LogP contribution in [0.1, 0.15) is 11.1 Å². The number of guanidine groups is 1. The van der Waals surface area contributed by atoms with E-state index in [0.717, 1.165) is 5.56 Å². The number of halogens is 2. The van der Waals surface area contributed by atoms with Gasteiger partial charge in [-0.1, -0.05) is 6.07 Å². The van der Waals surface area contributed by atoms with Crippen LogP contribution in [0.2, 0.25) is 0 Å². The number of aliphatic imine (C=N–C) groups is 1. The van der Waals surface area contributed by atoms with Crippen molar-refractivity contribution in [1.29, 1.82) is 0 Å². The smallest absolute Gasteiger partial charge is 0.190 e. The van der Waals surface area contributed by atoms with Gasteiger partial charge in [0.25, 0.3) is 0 Å². The lowest BCUT2D eigenvalue weighted by Crippen LogP contribution is -2.34. The fourth-order valence-corrected chi connectivity index (χ4v) is 1.66. The molecule has 4 nitrogen and oxygen atoms in total. The van der Waals surface area contributed by atoms with Crippen LogP contribution in [0, 0.1) is 5.82 Å². The number of hydrogen-bond acceptors (Lipinski definition) is 2. The van der Waals surface area contributed by atoms with Crippen LogP contribution in [0.3, 0.4) is 0 Å². The molecule has 1 rings (SSSR count).